The largest absolute Gasteiger partial charge is 0.494 e. The van der Waals surface area contributed by atoms with Gasteiger partial charge in [0, 0.05) is 13.0 Å². The summed E-state index contributed by atoms with van der Waals surface area (Å²) in [5.74, 6) is 0.0762. The van der Waals surface area contributed by atoms with Crippen molar-refractivity contribution >= 4 is 38.9 Å². The van der Waals surface area contributed by atoms with Crippen molar-refractivity contribution in [3.63, 3.8) is 0 Å². The van der Waals surface area contributed by atoms with Gasteiger partial charge >= 0.3 is 0 Å². The summed E-state index contributed by atoms with van der Waals surface area (Å²) in [6, 6.07) is 10.7. The third kappa shape index (κ3) is 4.14. The van der Waals surface area contributed by atoms with Crippen molar-refractivity contribution in [3.8, 4) is 5.75 Å². The highest BCUT2D eigenvalue weighted by molar-refractivity contribution is 7.92. The molecule has 2 aromatic carbocycles. The standard InChI is InChI=1S/C15H15ClN2O4S/c1-10(19)17-13-8-7-11(9-14(13)22-2)18-23(20,21)15-6-4-3-5-12(15)16/h3-9,18H,1-2H3,(H,17,19). The van der Waals surface area contributed by atoms with Gasteiger partial charge in [-0.05, 0) is 24.3 Å². The van der Waals surface area contributed by atoms with Crippen molar-refractivity contribution in [2.24, 2.45) is 0 Å². The first-order chi connectivity index (χ1) is 10.8. The lowest BCUT2D eigenvalue weighted by Crippen LogP contribution is -2.14. The van der Waals surface area contributed by atoms with Crippen molar-refractivity contribution in [2.45, 2.75) is 11.8 Å². The number of hydrogen-bond donors (Lipinski definition) is 2. The van der Waals surface area contributed by atoms with Gasteiger partial charge in [-0.25, -0.2) is 8.42 Å². The summed E-state index contributed by atoms with van der Waals surface area (Å²) in [5, 5.41) is 2.72. The smallest absolute Gasteiger partial charge is 0.263 e. The van der Waals surface area contributed by atoms with E-state index in [1.54, 1.807) is 18.2 Å². The molecule has 0 atom stereocenters. The number of methoxy groups -OCH3 is 1. The van der Waals surface area contributed by atoms with Crippen molar-refractivity contribution in [2.75, 3.05) is 17.1 Å². The normalized spacial score (nSPS) is 10.9. The molecule has 0 fully saturated rings. The Morgan fingerprint density at radius 1 is 1.17 bits per heavy atom. The van der Waals surface area contributed by atoms with Crippen LogP contribution in [0.1, 0.15) is 6.92 Å². The Bertz CT molecular complexity index is 837. The van der Waals surface area contributed by atoms with Gasteiger partial charge in [0.1, 0.15) is 10.6 Å². The summed E-state index contributed by atoms with van der Waals surface area (Å²) < 4.78 is 32.3. The van der Waals surface area contributed by atoms with Gasteiger partial charge in [0.15, 0.2) is 0 Å². The second-order valence-corrected chi connectivity index (χ2v) is 6.69. The monoisotopic (exact) mass is 354 g/mol. The van der Waals surface area contributed by atoms with E-state index in [4.69, 9.17) is 16.3 Å². The van der Waals surface area contributed by atoms with Crippen LogP contribution in [0.5, 0.6) is 5.75 Å². The Labute approximate surface area is 139 Å². The summed E-state index contributed by atoms with van der Waals surface area (Å²) in [4.78, 5) is 11.1. The summed E-state index contributed by atoms with van der Waals surface area (Å²) in [5.41, 5.74) is 0.733. The van der Waals surface area contributed by atoms with Gasteiger partial charge in [-0.2, -0.15) is 0 Å². The minimum Gasteiger partial charge on any atom is -0.494 e. The fraction of sp³-hybridized carbons (Fsp3) is 0.133. The van der Waals surface area contributed by atoms with E-state index in [0.717, 1.165) is 0 Å². The Balaban J connectivity index is 2.33. The molecule has 0 saturated heterocycles. The van der Waals surface area contributed by atoms with Gasteiger partial charge in [0.05, 0.1) is 23.5 Å². The second kappa shape index (κ2) is 6.89. The topological polar surface area (TPSA) is 84.5 Å². The molecular weight excluding hydrogens is 340 g/mol. The Kier molecular flexibility index (Phi) is 5.12. The number of ether oxygens (including phenoxy) is 1. The fourth-order valence-corrected chi connectivity index (χ4v) is 3.49. The SMILES string of the molecule is COc1cc(NS(=O)(=O)c2ccccc2Cl)ccc1NC(C)=O. The molecule has 0 bridgehead atoms. The van der Waals surface area contributed by atoms with E-state index in [1.807, 2.05) is 0 Å². The molecule has 1 amide bonds. The van der Waals surface area contributed by atoms with Crippen LogP contribution in [0.15, 0.2) is 47.4 Å². The molecule has 0 heterocycles. The molecule has 0 aliphatic rings. The van der Waals surface area contributed by atoms with Gasteiger partial charge in [-0.3, -0.25) is 9.52 Å². The Morgan fingerprint density at radius 2 is 1.87 bits per heavy atom. The van der Waals surface area contributed by atoms with Crippen LogP contribution in [0.4, 0.5) is 11.4 Å². The van der Waals surface area contributed by atoms with Crippen LogP contribution in [-0.4, -0.2) is 21.4 Å². The van der Waals surface area contributed by atoms with E-state index in [9.17, 15) is 13.2 Å². The quantitative estimate of drug-likeness (QED) is 0.864. The van der Waals surface area contributed by atoms with Gasteiger partial charge in [-0.15, -0.1) is 0 Å². The van der Waals surface area contributed by atoms with Crippen molar-refractivity contribution in [1.82, 2.24) is 0 Å². The lowest BCUT2D eigenvalue weighted by molar-refractivity contribution is -0.114. The second-order valence-electron chi connectivity index (χ2n) is 4.63. The van der Waals surface area contributed by atoms with Crippen LogP contribution in [0, 0.1) is 0 Å². The molecule has 2 N–H and O–H groups in total. The van der Waals surface area contributed by atoms with Crippen molar-refractivity contribution in [1.29, 1.82) is 0 Å². The Morgan fingerprint density at radius 3 is 2.48 bits per heavy atom. The van der Waals surface area contributed by atoms with Crippen LogP contribution in [0.2, 0.25) is 5.02 Å². The molecule has 0 aliphatic heterocycles. The van der Waals surface area contributed by atoms with Crippen LogP contribution < -0.4 is 14.8 Å². The number of hydrogen-bond acceptors (Lipinski definition) is 4. The van der Waals surface area contributed by atoms with Gasteiger partial charge in [-0.1, -0.05) is 23.7 Å². The molecule has 0 aromatic heterocycles. The van der Waals surface area contributed by atoms with Crippen molar-refractivity contribution < 1.29 is 17.9 Å². The maximum atomic E-state index is 12.4. The van der Waals surface area contributed by atoms with E-state index >= 15 is 0 Å². The number of anilines is 2. The van der Waals surface area contributed by atoms with Gasteiger partial charge in [0.2, 0.25) is 5.91 Å². The third-order valence-corrected chi connectivity index (χ3v) is 4.77. The first kappa shape index (κ1) is 17.1. The van der Waals surface area contributed by atoms with Crippen LogP contribution in [0.3, 0.4) is 0 Å². The fourth-order valence-electron chi connectivity index (χ4n) is 1.92. The predicted octanol–water partition coefficient (Wildman–Crippen LogP) is 3.11. The summed E-state index contributed by atoms with van der Waals surface area (Å²) >= 11 is 5.92. The van der Waals surface area contributed by atoms with Crippen LogP contribution >= 0.6 is 11.6 Å². The molecular formula is C15H15ClN2O4S. The van der Waals surface area contributed by atoms with Gasteiger partial charge < -0.3 is 10.1 Å². The molecule has 0 radical (unpaired) electrons. The highest BCUT2D eigenvalue weighted by atomic mass is 35.5. The van der Waals surface area contributed by atoms with E-state index in [-0.39, 0.29) is 21.5 Å². The average Bonchev–Trinajstić information content (AvgIpc) is 2.48. The molecule has 2 aromatic rings. The highest BCUT2D eigenvalue weighted by Crippen LogP contribution is 2.30. The maximum Gasteiger partial charge on any atom is 0.263 e. The first-order valence-electron chi connectivity index (χ1n) is 6.56. The number of sulfonamides is 1. The van der Waals surface area contributed by atoms with E-state index in [2.05, 4.69) is 10.0 Å². The molecule has 122 valence electrons. The number of amides is 1. The molecule has 2 rings (SSSR count). The summed E-state index contributed by atoms with van der Waals surface area (Å²) in [6.07, 6.45) is 0. The zero-order valence-electron chi connectivity index (χ0n) is 12.5. The zero-order valence-corrected chi connectivity index (χ0v) is 14.0. The Hall–Kier alpha value is -2.25. The zero-order chi connectivity index (χ0) is 17.0. The highest BCUT2D eigenvalue weighted by Gasteiger charge is 2.18. The van der Waals surface area contributed by atoms with Crippen LogP contribution in [0.25, 0.3) is 0 Å². The number of nitrogens with one attached hydrogen (secondary N) is 2. The third-order valence-electron chi connectivity index (χ3n) is 2.89. The molecule has 8 heteroatoms. The predicted molar refractivity (Wildman–Crippen MR) is 89.6 cm³/mol. The average molecular weight is 355 g/mol. The summed E-state index contributed by atoms with van der Waals surface area (Å²) in [6.45, 7) is 1.37. The number of carbonyl (C=O) groups excluding carboxylic acids is 1. The van der Waals surface area contributed by atoms with E-state index in [0.29, 0.717) is 11.4 Å². The van der Waals surface area contributed by atoms with Crippen molar-refractivity contribution in [3.05, 3.63) is 47.5 Å². The lowest BCUT2D eigenvalue weighted by atomic mass is 10.2. The molecule has 0 unspecified atom stereocenters. The first-order valence-corrected chi connectivity index (χ1v) is 8.42. The lowest BCUT2D eigenvalue weighted by Gasteiger charge is -2.13. The minimum atomic E-state index is -3.83. The number of rotatable bonds is 5. The molecule has 23 heavy (non-hydrogen) atoms. The maximum absolute atomic E-state index is 12.4. The summed E-state index contributed by atoms with van der Waals surface area (Å²) in [7, 11) is -2.41. The number of benzene rings is 2. The van der Waals surface area contributed by atoms with Crippen LogP contribution in [-0.2, 0) is 14.8 Å². The molecule has 0 saturated carbocycles. The molecule has 0 aliphatic carbocycles. The van der Waals surface area contributed by atoms with Gasteiger partial charge in [0.25, 0.3) is 10.0 Å². The molecule has 6 nitrogen and oxygen atoms in total. The van der Waals surface area contributed by atoms with E-state index in [1.165, 1.54) is 38.3 Å². The number of halogens is 1. The number of carbonyl (C=O) groups is 1. The minimum absolute atomic E-state index is 0.0217. The van der Waals surface area contributed by atoms with E-state index < -0.39 is 10.0 Å². The molecule has 0 spiro atoms.